The van der Waals surface area contributed by atoms with Gasteiger partial charge in [-0.15, -0.1) is 11.8 Å². The lowest BCUT2D eigenvalue weighted by atomic mass is 10.2. The number of amides is 1. The van der Waals surface area contributed by atoms with Gasteiger partial charge in [-0.1, -0.05) is 18.2 Å². The number of carbonyl (C=O) groups excluding carboxylic acids is 1. The van der Waals surface area contributed by atoms with Gasteiger partial charge >= 0.3 is 0 Å². The number of hydroxylamine groups is 1. The normalized spacial score (nSPS) is 10.0. The zero-order valence-corrected chi connectivity index (χ0v) is 9.51. The molecule has 1 rings (SSSR count). The second-order valence-corrected chi connectivity index (χ2v) is 4.39. The van der Waals surface area contributed by atoms with Gasteiger partial charge in [-0.2, -0.15) is 0 Å². The summed E-state index contributed by atoms with van der Waals surface area (Å²) < 4.78 is 0. The van der Waals surface area contributed by atoms with E-state index in [1.54, 1.807) is 17.2 Å². The summed E-state index contributed by atoms with van der Waals surface area (Å²) in [6.45, 7) is 2.07. The fourth-order valence-corrected chi connectivity index (χ4v) is 2.17. The van der Waals surface area contributed by atoms with Gasteiger partial charge in [-0.3, -0.25) is 10.0 Å². The molecule has 0 atom stereocenters. The molecule has 1 aromatic carbocycles. The van der Waals surface area contributed by atoms with Crippen LogP contribution in [0.2, 0.25) is 0 Å². The molecule has 1 amide bonds. The van der Waals surface area contributed by atoms with Crippen LogP contribution in [0.1, 0.15) is 18.4 Å². The highest BCUT2D eigenvalue weighted by Gasteiger charge is 2.00. The highest BCUT2D eigenvalue weighted by atomic mass is 32.2. The molecule has 82 valence electrons. The van der Waals surface area contributed by atoms with E-state index in [0.29, 0.717) is 6.42 Å². The minimum absolute atomic E-state index is 0.319. The monoisotopic (exact) mass is 225 g/mol. The van der Waals surface area contributed by atoms with Crippen molar-refractivity contribution < 1.29 is 10.0 Å². The number of rotatable bonds is 5. The molecule has 0 spiro atoms. The van der Waals surface area contributed by atoms with Crippen LogP contribution in [0.5, 0.6) is 0 Å². The Balaban J connectivity index is 2.26. The van der Waals surface area contributed by atoms with Crippen molar-refractivity contribution in [2.75, 3.05) is 5.75 Å². The van der Waals surface area contributed by atoms with Crippen LogP contribution in [0.4, 0.5) is 0 Å². The molecule has 0 radical (unpaired) electrons. The number of aryl methyl sites for hydroxylation is 1. The maximum absolute atomic E-state index is 10.7. The largest absolute Gasteiger partial charge is 0.289 e. The number of carbonyl (C=O) groups is 1. The number of nitrogens with one attached hydrogen (secondary N) is 1. The predicted octanol–water partition coefficient (Wildman–Crippen LogP) is 2.37. The maximum atomic E-state index is 10.7. The molecule has 0 aliphatic heterocycles. The van der Waals surface area contributed by atoms with Gasteiger partial charge in [-0.05, 0) is 30.7 Å². The molecule has 1 aromatic rings. The zero-order chi connectivity index (χ0) is 11.1. The van der Waals surface area contributed by atoms with Crippen molar-refractivity contribution >= 4 is 17.7 Å². The van der Waals surface area contributed by atoms with Gasteiger partial charge < -0.3 is 0 Å². The van der Waals surface area contributed by atoms with Crippen LogP contribution in [0, 0.1) is 6.92 Å². The Morgan fingerprint density at radius 1 is 1.47 bits per heavy atom. The third kappa shape index (κ3) is 4.36. The van der Waals surface area contributed by atoms with Crippen LogP contribution >= 0.6 is 11.8 Å². The Morgan fingerprint density at radius 3 is 2.87 bits per heavy atom. The molecule has 0 heterocycles. The molecule has 4 heteroatoms. The first-order valence-electron chi connectivity index (χ1n) is 4.85. The van der Waals surface area contributed by atoms with Crippen LogP contribution in [0.15, 0.2) is 29.2 Å². The molecule has 15 heavy (non-hydrogen) atoms. The molecule has 0 saturated heterocycles. The lowest BCUT2D eigenvalue weighted by Crippen LogP contribution is -2.17. The fraction of sp³-hybridized carbons (Fsp3) is 0.364. The minimum atomic E-state index is -0.319. The third-order valence-corrected chi connectivity index (χ3v) is 3.29. The van der Waals surface area contributed by atoms with E-state index >= 15 is 0 Å². The molecule has 2 N–H and O–H groups in total. The van der Waals surface area contributed by atoms with E-state index in [0.717, 1.165) is 12.2 Å². The predicted molar refractivity (Wildman–Crippen MR) is 61.1 cm³/mol. The summed E-state index contributed by atoms with van der Waals surface area (Å²) >= 11 is 1.74. The molecule has 3 nitrogen and oxygen atoms in total. The average Bonchev–Trinajstić information content (AvgIpc) is 2.26. The van der Waals surface area contributed by atoms with E-state index in [1.165, 1.54) is 10.5 Å². The van der Waals surface area contributed by atoms with Gasteiger partial charge in [0.15, 0.2) is 0 Å². The first-order chi connectivity index (χ1) is 7.24. The quantitative estimate of drug-likeness (QED) is 0.350. The Hall–Kier alpha value is -1.00. The van der Waals surface area contributed by atoms with Gasteiger partial charge in [0, 0.05) is 11.3 Å². The van der Waals surface area contributed by atoms with Crippen LogP contribution in [0.3, 0.4) is 0 Å². The van der Waals surface area contributed by atoms with Crippen molar-refractivity contribution in [1.29, 1.82) is 0 Å². The Morgan fingerprint density at radius 2 is 2.20 bits per heavy atom. The van der Waals surface area contributed by atoms with Crippen molar-refractivity contribution in [1.82, 2.24) is 5.48 Å². The van der Waals surface area contributed by atoms with Gasteiger partial charge in [0.1, 0.15) is 0 Å². The van der Waals surface area contributed by atoms with E-state index in [2.05, 4.69) is 19.1 Å². The van der Waals surface area contributed by atoms with Crippen LogP contribution in [-0.4, -0.2) is 16.9 Å². The van der Waals surface area contributed by atoms with Crippen molar-refractivity contribution in [2.45, 2.75) is 24.7 Å². The second kappa shape index (κ2) is 6.48. The molecule has 0 aliphatic rings. The smallest absolute Gasteiger partial charge is 0.243 e. The summed E-state index contributed by atoms with van der Waals surface area (Å²) in [5.41, 5.74) is 2.89. The summed E-state index contributed by atoms with van der Waals surface area (Å²) in [6.07, 6.45) is 1.14. The summed E-state index contributed by atoms with van der Waals surface area (Å²) in [5, 5.41) is 8.29. The third-order valence-electron chi connectivity index (χ3n) is 2.02. The first-order valence-corrected chi connectivity index (χ1v) is 5.84. The zero-order valence-electron chi connectivity index (χ0n) is 8.69. The van der Waals surface area contributed by atoms with E-state index in [9.17, 15) is 4.79 Å². The fourth-order valence-electron chi connectivity index (χ4n) is 1.19. The summed E-state index contributed by atoms with van der Waals surface area (Å²) in [6, 6.07) is 8.17. The van der Waals surface area contributed by atoms with Crippen LogP contribution in [-0.2, 0) is 4.79 Å². The van der Waals surface area contributed by atoms with Gasteiger partial charge in [0.2, 0.25) is 5.91 Å². The van der Waals surface area contributed by atoms with Crippen LogP contribution < -0.4 is 5.48 Å². The van der Waals surface area contributed by atoms with Gasteiger partial charge in [0.05, 0.1) is 0 Å². The average molecular weight is 225 g/mol. The summed E-state index contributed by atoms with van der Waals surface area (Å²) in [7, 11) is 0. The van der Waals surface area contributed by atoms with E-state index in [4.69, 9.17) is 5.21 Å². The first kappa shape index (κ1) is 12.1. The molecule has 0 saturated carbocycles. The van der Waals surface area contributed by atoms with E-state index in [1.807, 2.05) is 12.1 Å². The minimum Gasteiger partial charge on any atom is -0.289 e. The van der Waals surface area contributed by atoms with Gasteiger partial charge in [-0.25, -0.2) is 5.48 Å². The molecular formula is C11H15NO2S. The van der Waals surface area contributed by atoms with E-state index < -0.39 is 0 Å². The SMILES string of the molecule is Cc1ccccc1SCCCC(=O)NO. The van der Waals surface area contributed by atoms with Crippen molar-refractivity contribution in [3.63, 3.8) is 0 Å². The summed E-state index contributed by atoms with van der Waals surface area (Å²) in [5.74, 6) is 0.568. The molecule has 0 fully saturated rings. The Bertz CT molecular complexity index is 328. The van der Waals surface area contributed by atoms with Crippen molar-refractivity contribution in [3.8, 4) is 0 Å². The molecule has 0 bridgehead atoms. The number of thioether (sulfide) groups is 1. The molecule has 0 unspecified atom stereocenters. The standard InChI is InChI=1S/C11H15NO2S/c1-9-5-2-3-6-10(9)15-8-4-7-11(13)12-14/h2-3,5-6,14H,4,7-8H2,1H3,(H,12,13). The van der Waals surface area contributed by atoms with Crippen molar-refractivity contribution in [3.05, 3.63) is 29.8 Å². The van der Waals surface area contributed by atoms with E-state index in [-0.39, 0.29) is 5.91 Å². The molecular weight excluding hydrogens is 210 g/mol. The Labute approximate surface area is 93.8 Å². The lowest BCUT2D eigenvalue weighted by Gasteiger charge is -2.04. The number of benzene rings is 1. The number of hydrogen-bond acceptors (Lipinski definition) is 3. The maximum Gasteiger partial charge on any atom is 0.243 e. The molecule has 0 aromatic heterocycles. The lowest BCUT2D eigenvalue weighted by molar-refractivity contribution is -0.129. The second-order valence-electron chi connectivity index (χ2n) is 3.25. The summed E-state index contributed by atoms with van der Waals surface area (Å²) in [4.78, 5) is 12.0. The van der Waals surface area contributed by atoms with Crippen LogP contribution in [0.25, 0.3) is 0 Å². The number of hydrogen-bond donors (Lipinski definition) is 2. The topological polar surface area (TPSA) is 49.3 Å². The molecule has 0 aliphatic carbocycles. The highest BCUT2D eigenvalue weighted by Crippen LogP contribution is 2.22. The highest BCUT2D eigenvalue weighted by molar-refractivity contribution is 7.99. The Kier molecular flexibility index (Phi) is 5.21. The van der Waals surface area contributed by atoms with Crippen molar-refractivity contribution in [2.24, 2.45) is 0 Å². The van der Waals surface area contributed by atoms with Gasteiger partial charge in [0.25, 0.3) is 0 Å².